The molecule has 4 aromatic rings. The molecule has 0 fully saturated rings. The van der Waals surface area contributed by atoms with Crippen LogP contribution in [0.4, 0.5) is 0 Å². The van der Waals surface area contributed by atoms with E-state index in [0.29, 0.717) is 11.3 Å². The zero-order valence-corrected chi connectivity index (χ0v) is 15.7. The minimum atomic E-state index is -0.00222. The normalized spacial score (nSPS) is 16.0. The van der Waals surface area contributed by atoms with Crippen LogP contribution in [-0.4, -0.2) is 15.8 Å². The van der Waals surface area contributed by atoms with Gasteiger partial charge in [0.05, 0.1) is 5.70 Å². The number of Topliss-reactive ketones (excluding diaryl/α,β-unsaturated/α-hetero) is 1. The molecule has 5 heteroatoms. The minimum Gasteiger partial charge on any atom is -0.366 e. The molecule has 2 N–H and O–H groups in total. The summed E-state index contributed by atoms with van der Waals surface area (Å²) in [5.41, 5.74) is 5.59. The highest BCUT2D eigenvalue weighted by molar-refractivity contribution is 8.02. The number of benzene rings is 2. The van der Waals surface area contributed by atoms with Crippen LogP contribution in [0.1, 0.15) is 21.3 Å². The van der Waals surface area contributed by atoms with Crippen LogP contribution in [0.25, 0.3) is 22.0 Å². The molecule has 1 atom stereocenters. The molecule has 1 unspecified atom stereocenters. The summed E-state index contributed by atoms with van der Waals surface area (Å²) < 4.78 is 0. The lowest BCUT2D eigenvalue weighted by Crippen LogP contribution is -2.19. The number of aromatic amines is 1. The summed E-state index contributed by atoms with van der Waals surface area (Å²) in [6.45, 7) is 0. The van der Waals surface area contributed by atoms with Crippen LogP contribution >= 0.6 is 11.8 Å². The second-order valence-corrected chi connectivity index (χ2v) is 7.62. The summed E-state index contributed by atoms with van der Waals surface area (Å²) in [7, 11) is 0. The van der Waals surface area contributed by atoms with Gasteiger partial charge in [-0.05, 0) is 23.3 Å². The average Bonchev–Trinajstić information content (AvgIpc) is 3.42. The third kappa shape index (κ3) is 3.00. The Morgan fingerprint density at radius 3 is 2.71 bits per heavy atom. The quantitative estimate of drug-likeness (QED) is 0.470. The molecule has 2 aromatic carbocycles. The van der Waals surface area contributed by atoms with Crippen molar-refractivity contribution in [1.29, 1.82) is 0 Å². The summed E-state index contributed by atoms with van der Waals surface area (Å²) >= 11 is 1.59. The Hall–Kier alpha value is -3.31. The van der Waals surface area contributed by atoms with Gasteiger partial charge in [-0.15, -0.1) is 11.8 Å². The molecule has 0 amide bonds. The van der Waals surface area contributed by atoms with E-state index in [2.05, 4.69) is 39.6 Å². The van der Waals surface area contributed by atoms with Crippen molar-refractivity contribution in [2.45, 2.75) is 5.37 Å². The first-order chi connectivity index (χ1) is 13.8. The summed E-state index contributed by atoms with van der Waals surface area (Å²) in [5.74, 6) is -0.00222. The fourth-order valence-corrected chi connectivity index (χ4v) is 4.37. The Bertz CT molecular complexity index is 1180. The standard InChI is InChI=1S/C23H17N3OS/c27-22(21-14-28-23(26-21)17-7-4-10-24-12-17)19-13-25-20-11-16(8-9-18(19)20)15-5-2-1-3-6-15/h1-14,23,25-26H. The second-order valence-electron chi connectivity index (χ2n) is 6.64. The molecular weight excluding hydrogens is 366 g/mol. The molecule has 1 aliphatic heterocycles. The van der Waals surface area contributed by atoms with Gasteiger partial charge >= 0.3 is 0 Å². The molecule has 0 aliphatic carbocycles. The third-order valence-electron chi connectivity index (χ3n) is 4.87. The Morgan fingerprint density at radius 1 is 1.00 bits per heavy atom. The number of H-pyrrole nitrogens is 1. The number of nitrogens with one attached hydrogen (secondary N) is 2. The summed E-state index contributed by atoms with van der Waals surface area (Å²) in [6.07, 6.45) is 5.37. The molecule has 2 aromatic heterocycles. The zero-order chi connectivity index (χ0) is 18.9. The number of fused-ring (bicyclic) bond motifs is 1. The number of nitrogens with zero attached hydrogens (tertiary/aromatic N) is 1. The summed E-state index contributed by atoms with van der Waals surface area (Å²) in [4.78, 5) is 20.5. The SMILES string of the molecule is O=C(C1=CSC(c2cccnc2)N1)c1c[nH]c2cc(-c3ccccc3)ccc12. The Kier molecular flexibility index (Phi) is 4.22. The number of hydrogen-bond donors (Lipinski definition) is 2. The van der Waals surface area contributed by atoms with E-state index < -0.39 is 0 Å². The first-order valence-corrected chi connectivity index (χ1v) is 9.97. The maximum Gasteiger partial charge on any atom is 0.211 e. The molecule has 0 radical (unpaired) electrons. The van der Waals surface area contributed by atoms with Gasteiger partial charge in [-0.25, -0.2) is 0 Å². The molecule has 3 heterocycles. The Labute approximate surface area is 166 Å². The fourth-order valence-electron chi connectivity index (χ4n) is 3.43. The number of rotatable bonds is 4. The highest BCUT2D eigenvalue weighted by atomic mass is 32.2. The van der Waals surface area contributed by atoms with Crippen molar-refractivity contribution in [3.8, 4) is 11.1 Å². The van der Waals surface area contributed by atoms with E-state index >= 15 is 0 Å². The van der Waals surface area contributed by atoms with Crippen molar-refractivity contribution >= 4 is 28.4 Å². The first kappa shape index (κ1) is 16.8. The number of thioether (sulfide) groups is 1. The lowest BCUT2D eigenvalue weighted by Gasteiger charge is -2.12. The van der Waals surface area contributed by atoms with Gasteiger partial charge in [-0.2, -0.15) is 0 Å². The van der Waals surface area contributed by atoms with Gasteiger partial charge in [0.15, 0.2) is 0 Å². The van der Waals surface area contributed by atoms with Gasteiger partial charge < -0.3 is 10.3 Å². The Morgan fingerprint density at radius 2 is 1.89 bits per heavy atom. The number of aromatic nitrogens is 2. The molecule has 1 aliphatic rings. The Balaban J connectivity index is 1.41. The predicted octanol–water partition coefficient (Wildman–Crippen LogP) is 5.29. The van der Waals surface area contributed by atoms with E-state index in [0.717, 1.165) is 27.6 Å². The molecule has 0 bridgehead atoms. The number of carbonyl (C=O) groups excluding carboxylic acids is 1. The van der Waals surface area contributed by atoms with E-state index in [4.69, 9.17) is 0 Å². The van der Waals surface area contributed by atoms with Crippen LogP contribution in [0.3, 0.4) is 0 Å². The lowest BCUT2D eigenvalue weighted by atomic mass is 10.0. The number of ketones is 1. The molecule has 28 heavy (non-hydrogen) atoms. The van der Waals surface area contributed by atoms with E-state index in [1.54, 1.807) is 24.2 Å². The molecular formula is C23H17N3OS. The molecule has 136 valence electrons. The zero-order valence-electron chi connectivity index (χ0n) is 14.9. The van der Waals surface area contributed by atoms with Crippen molar-refractivity contribution in [1.82, 2.24) is 15.3 Å². The van der Waals surface area contributed by atoms with E-state index in [1.807, 2.05) is 48.0 Å². The summed E-state index contributed by atoms with van der Waals surface area (Å²) in [5, 5.41) is 6.17. The van der Waals surface area contributed by atoms with Crippen molar-refractivity contribution in [3.63, 3.8) is 0 Å². The van der Waals surface area contributed by atoms with Gasteiger partial charge in [0.1, 0.15) is 5.37 Å². The molecule has 5 rings (SSSR count). The third-order valence-corrected chi connectivity index (χ3v) is 5.91. The fraction of sp³-hybridized carbons (Fsp3) is 0.0435. The monoisotopic (exact) mass is 383 g/mol. The van der Waals surface area contributed by atoms with Gasteiger partial charge in [0.25, 0.3) is 0 Å². The van der Waals surface area contributed by atoms with E-state index in [1.165, 1.54) is 0 Å². The van der Waals surface area contributed by atoms with Crippen LogP contribution in [0.5, 0.6) is 0 Å². The second kappa shape index (κ2) is 7.02. The van der Waals surface area contributed by atoms with Gasteiger partial charge in [0.2, 0.25) is 5.78 Å². The van der Waals surface area contributed by atoms with Crippen LogP contribution < -0.4 is 5.32 Å². The molecule has 0 saturated carbocycles. The van der Waals surface area contributed by atoms with Gasteiger partial charge in [-0.1, -0.05) is 48.5 Å². The summed E-state index contributed by atoms with van der Waals surface area (Å²) in [6, 6.07) is 20.3. The van der Waals surface area contributed by atoms with Crippen molar-refractivity contribution in [2.24, 2.45) is 0 Å². The predicted molar refractivity (Wildman–Crippen MR) is 114 cm³/mol. The molecule has 0 saturated heterocycles. The smallest absolute Gasteiger partial charge is 0.211 e. The minimum absolute atomic E-state index is 0.00222. The number of carbonyl (C=O) groups is 1. The van der Waals surface area contributed by atoms with Crippen LogP contribution in [-0.2, 0) is 0 Å². The highest BCUT2D eigenvalue weighted by Gasteiger charge is 2.25. The maximum absolute atomic E-state index is 13.1. The van der Waals surface area contributed by atoms with Crippen molar-refractivity contribution in [3.05, 3.63) is 101 Å². The lowest BCUT2D eigenvalue weighted by molar-refractivity contribution is 0.102. The number of hydrogen-bond acceptors (Lipinski definition) is 4. The highest BCUT2D eigenvalue weighted by Crippen LogP contribution is 2.35. The van der Waals surface area contributed by atoms with Crippen LogP contribution in [0.2, 0.25) is 0 Å². The molecule has 0 spiro atoms. The van der Waals surface area contributed by atoms with Crippen molar-refractivity contribution in [2.75, 3.05) is 0 Å². The topological polar surface area (TPSA) is 57.8 Å². The van der Waals surface area contributed by atoms with Crippen LogP contribution in [0, 0.1) is 0 Å². The van der Waals surface area contributed by atoms with Gasteiger partial charge in [-0.3, -0.25) is 9.78 Å². The first-order valence-electron chi connectivity index (χ1n) is 9.03. The number of allylic oxidation sites excluding steroid dienone is 1. The van der Waals surface area contributed by atoms with Gasteiger partial charge in [0, 0.05) is 46.0 Å². The molecule has 4 nitrogen and oxygen atoms in total. The van der Waals surface area contributed by atoms with E-state index in [9.17, 15) is 4.79 Å². The average molecular weight is 383 g/mol. The largest absolute Gasteiger partial charge is 0.366 e. The van der Waals surface area contributed by atoms with E-state index in [-0.39, 0.29) is 11.2 Å². The maximum atomic E-state index is 13.1. The number of pyridine rings is 1. The van der Waals surface area contributed by atoms with Crippen LogP contribution in [0.15, 0.2) is 90.4 Å². The van der Waals surface area contributed by atoms with Crippen molar-refractivity contribution < 1.29 is 4.79 Å².